The largest absolute Gasteiger partial charge is 0.482 e. The van der Waals surface area contributed by atoms with Gasteiger partial charge in [-0.2, -0.15) is 0 Å². The van der Waals surface area contributed by atoms with Gasteiger partial charge in [-0.05, 0) is 75.3 Å². The number of carbonyl (C=O) groups excluding carboxylic acids is 1. The number of nitrogens with two attached hydrogens (primary N) is 1. The highest BCUT2D eigenvalue weighted by Crippen LogP contribution is 2.37. The van der Waals surface area contributed by atoms with Crippen LogP contribution in [0.2, 0.25) is 10.0 Å². The molecule has 0 fully saturated rings. The third-order valence-corrected chi connectivity index (χ3v) is 6.56. The number of ether oxygens (including phenoxy) is 1. The summed E-state index contributed by atoms with van der Waals surface area (Å²) in [6.07, 6.45) is 2.67. The van der Waals surface area contributed by atoms with Crippen molar-refractivity contribution in [2.24, 2.45) is 0 Å². The number of nitrogen functional groups attached to an aromatic ring is 1. The van der Waals surface area contributed by atoms with Crippen molar-refractivity contribution < 1.29 is 13.9 Å². The van der Waals surface area contributed by atoms with Crippen molar-refractivity contribution in [3.63, 3.8) is 0 Å². The first-order valence-corrected chi connectivity index (χ1v) is 11.9. The van der Waals surface area contributed by atoms with Crippen molar-refractivity contribution in [1.29, 1.82) is 0 Å². The molecule has 186 valence electrons. The van der Waals surface area contributed by atoms with Gasteiger partial charge in [0.15, 0.2) is 11.6 Å². The Morgan fingerprint density at radius 2 is 1.89 bits per heavy atom. The molecule has 3 aromatic rings. The molecule has 0 radical (unpaired) electrons. The number of aromatic nitrogens is 1. The standard InChI is InChI=1S/C26H29Cl2FN4O2/c1-15(23-19(27)10-11-20(29)24(23)28)35-22-13-18(14-32-25(22)30)21(33(3)4)12-7-16-5-8-17(9-6-16)26(34)31-2/h5-6,8-11,13-15,21H,7,12H2,1-4H3,(H2,30,32)(H,31,34). The topological polar surface area (TPSA) is 80.5 Å². The summed E-state index contributed by atoms with van der Waals surface area (Å²) in [5.41, 5.74) is 9.10. The Hall–Kier alpha value is -2.87. The van der Waals surface area contributed by atoms with Gasteiger partial charge in [-0.25, -0.2) is 9.37 Å². The number of nitrogens with one attached hydrogen (secondary N) is 1. The van der Waals surface area contributed by atoms with Crippen molar-refractivity contribution in [3.8, 4) is 5.75 Å². The number of hydrogen-bond acceptors (Lipinski definition) is 5. The second-order valence-electron chi connectivity index (χ2n) is 8.46. The van der Waals surface area contributed by atoms with Gasteiger partial charge in [0.25, 0.3) is 5.91 Å². The SMILES string of the molecule is CNC(=O)c1ccc(CCC(c2cnc(N)c(OC(C)c3c(Cl)ccc(F)c3Cl)c2)N(C)C)cc1. The number of aryl methyl sites for hydroxylation is 1. The minimum atomic E-state index is -0.651. The van der Waals surface area contributed by atoms with E-state index in [0.29, 0.717) is 21.9 Å². The molecule has 1 aromatic heterocycles. The van der Waals surface area contributed by atoms with Gasteiger partial charge in [0.05, 0.1) is 5.02 Å². The molecule has 0 bridgehead atoms. The predicted molar refractivity (Wildman–Crippen MR) is 139 cm³/mol. The number of halogens is 3. The number of rotatable bonds is 9. The Morgan fingerprint density at radius 3 is 2.51 bits per heavy atom. The zero-order valence-electron chi connectivity index (χ0n) is 20.1. The van der Waals surface area contributed by atoms with Gasteiger partial charge in [-0.15, -0.1) is 0 Å². The van der Waals surface area contributed by atoms with Crippen molar-refractivity contribution >= 4 is 34.9 Å². The molecule has 1 heterocycles. The molecule has 6 nitrogen and oxygen atoms in total. The summed E-state index contributed by atoms with van der Waals surface area (Å²) in [6.45, 7) is 1.73. The van der Waals surface area contributed by atoms with Crippen LogP contribution in [-0.2, 0) is 6.42 Å². The molecule has 1 amide bonds. The molecule has 2 aromatic carbocycles. The van der Waals surface area contributed by atoms with E-state index in [1.165, 1.54) is 12.1 Å². The normalized spacial score (nSPS) is 12.9. The number of hydrogen-bond donors (Lipinski definition) is 2. The first-order valence-electron chi connectivity index (χ1n) is 11.1. The molecule has 2 atom stereocenters. The van der Waals surface area contributed by atoms with Gasteiger partial charge in [-0.3, -0.25) is 4.79 Å². The lowest BCUT2D eigenvalue weighted by atomic mass is 9.98. The van der Waals surface area contributed by atoms with Crippen molar-refractivity contribution in [2.75, 3.05) is 26.9 Å². The smallest absolute Gasteiger partial charge is 0.251 e. The fourth-order valence-electron chi connectivity index (χ4n) is 3.91. The number of benzene rings is 2. The first kappa shape index (κ1) is 26.7. The Morgan fingerprint density at radius 1 is 1.20 bits per heavy atom. The van der Waals surface area contributed by atoms with E-state index in [9.17, 15) is 9.18 Å². The molecule has 9 heteroatoms. The lowest BCUT2D eigenvalue weighted by molar-refractivity contribution is 0.0963. The van der Waals surface area contributed by atoms with Crippen LogP contribution in [0.4, 0.5) is 10.2 Å². The minimum Gasteiger partial charge on any atom is -0.482 e. The van der Waals surface area contributed by atoms with Gasteiger partial charge < -0.3 is 20.7 Å². The zero-order chi connectivity index (χ0) is 25.7. The quantitative estimate of drug-likeness (QED) is 0.347. The second kappa shape index (κ2) is 11.7. The van der Waals surface area contributed by atoms with Crippen LogP contribution in [0.15, 0.2) is 48.7 Å². The van der Waals surface area contributed by atoms with Crippen molar-refractivity contribution in [1.82, 2.24) is 15.2 Å². The molecule has 2 unspecified atom stereocenters. The summed E-state index contributed by atoms with van der Waals surface area (Å²) in [5, 5.41) is 2.85. The summed E-state index contributed by atoms with van der Waals surface area (Å²) >= 11 is 12.4. The third kappa shape index (κ3) is 6.42. The molecule has 0 aliphatic carbocycles. The maximum absolute atomic E-state index is 14.0. The Bertz CT molecular complexity index is 1190. The second-order valence-corrected chi connectivity index (χ2v) is 9.25. The Labute approximate surface area is 215 Å². The number of carbonyl (C=O) groups is 1. The third-order valence-electron chi connectivity index (χ3n) is 5.85. The number of nitrogens with zero attached hydrogens (tertiary/aromatic N) is 2. The van der Waals surface area contributed by atoms with Crippen LogP contribution in [0.1, 0.15) is 52.5 Å². The lowest BCUT2D eigenvalue weighted by Crippen LogP contribution is -2.21. The fraction of sp³-hybridized carbons (Fsp3) is 0.308. The van der Waals surface area contributed by atoms with E-state index >= 15 is 0 Å². The highest BCUT2D eigenvalue weighted by molar-refractivity contribution is 6.36. The Kier molecular flexibility index (Phi) is 8.94. The first-order chi connectivity index (χ1) is 16.6. The molecule has 35 heavy (non-hydrogen) atoms. The molecule has 0 saturated carbocycles. The summed E-state index contributed by atoms with van der Waals surface area (Å²) < 4.78 is 20.0. The molecule has 3 N–H and O–H groups in total. The summed E-state index contributed by atoms with van der Waals surface area (Å²) in [7, 11) is 5.59. The maximum Gasteiger partial charge on any atom is 0.251 e. The highest BCUT2D eigenvalue weighted by Gasteiger charge is 2.22. The average Bonchev–Trinajstić information content (AvgIpc) is 2.83. The van der Waals surface area contributed by atoms with Crippen LogP contribution in [-0.4, -0.2) is 36.9 Å². The van der Waals surface area contributed by atoms with E-state index in [4.69, 9.17) is 33.7 Å². The van der Waals surface area contributed by atoms with Crippen LogP contribution in [0, 0.1) is 5.82 Å². The van der Waals surface area contributed by atoms with Gasteiger partial charge in [0, 0.05) is 35.4 Å². The Balaban J connectivity index is 1.79. The number of amides is 1. The molecule has 0 aliphatic heterocycles. The van der Waals surface area contributed by atoms with E-state index < -0.39 is 11.9 Å². The van der Waals surface area contributed by atoms with E-state index in [-0.39, 0.29) is 22.8 Å². The van der Waals surface area contributed by atoms with Gasteiger partial charge in [0.1, 0.15) is 11.9 Å². The molecular weight excluding hydrogens is 490 g/mol. The van der Waals surface area contributed by atoms with E-state index in [1.54, 1.807) is 20.2 Å². The zero-order valence-corrected chi connectivity index (χ0v) is 21.6. The molecular formula is C26H29Cl2FN4O2. The molecule has 0 aliphatic rings. The maximum atomic E-state index is 14.0. The minimum absolute atomic E-state index is 0.0284. The van der Waals surface area contributed by atoms with E-state index in [0.717, 1.165) is 24.0 Å². The van der Waals surface area contributed by atoms with Crippen molar-refractivity contribution in [2.45, 2.75) is 31.9 Å². The van der Waals surface area contributed by atoms with E-state index in [1.807, 2.05) is 44.4 Å². The number of pyridine rings is 1. The van der Waals surface area contributed by atoms with Gasteiger partial charge in [0.2, 0.25) is 0 Å². The highest BCUT2D eigenvalue weighted by atomic mass is 35.5. The summed E-state index contributed by atoms with van der Waals surface area (Å²) in [5.74, 6) is -0.102. The van der Waals surface area contributed by atoms with E-state index in [2.05, 4.69) is 15.2 Å². The fourth-order valence-corrected chi connectivity index (χ4v) is 4.58. The number of anilines is 1. The monoisotopic (exact) mass is 518 g/mol. The molecule has 0 spiro atoms. The average molecular weight is 519 g/mol. The predicted octanol–water partition coefficient (Wildman–Crippen LogP) is 5.84. The van der Waals surface area contributed by atoms with Crippen molar-refractivity contribution in [3.05, 3.63) is 86.8 Å². The molecule has 3 rings (SSSR count). The van der Waals surface area contributed by atoms with Crippen LogP contribution >= 0.6 is 23.2 Å². The lowest BCUT2D eigenvalue weighted by Gasteiger charge is -2.26. The van der Waals surface area contributed by atoms with Crippen LogP contribution in [0.25, 0.3) is 0 Å². The van der Waals surface area contributed by atoms with Crippen LogP contribution in [0.3, 0.4) is 0 Å². The van der Waals surface area contributed by atoms with Crippen LogP contribution in [0.5, 0.6) is 5.75 Å². The van der Waals surface area contributed by atoms with Crippen LogP contribution < -0.4 is 15.8 Å². The van der Waals surface area contributed by atoms with Gasteiger partial charge in [-0.1, -0.05) is 35.3 Å². The van der Waals surface area contributed by atoms with Gasteiger partial charge >= 0.3 is 0 Å². The summed E-state index contributed by atoms with van der Waals surface area (Å²) in [4.78, 5) is 18.2. The molecule has 0 saturated heterocycles. The summed E-state index contributed by atoms with van der Waals surface area (Å²) in [6, 6.07) is 12.1.